The molecule has 0 aromatic heterocycles. The number of carbonyl (C=O) groups excluding carboxylic acids is 1. The normalized spacial score (nSPS) is 14.0. The maximum absolute atomic E-state index is 12.3. The van der Waals surface area contributed by atoms with Crippen LogP contribution in [0.1, 0.15) is 19.3 Å². The summed E-state index contributed by atoms with van der Waals surface area (Å²) in [7, 11) is 1.56. The summed E-state index contributed by atoms with van der Waals surface area (Å²) in [4.78, 5) is 14.7. The van der Waals surface area contributed by atoms with Crippen LogP contribution in [0.2, 0.25) is 5.02 Å². The first-order chi connectivity index (χ1) is 12.7. The van der Waals surface area contributed by atoms with Crippen LogP contribution < -0.4 is 20.3 Å². The minimum atomic E-state index is -0.125. The van der Waals surface area contributed by atoms with Gasteiger partial charge in [-0.15, -0.1) is 0 Å². The first-order valence-corrected chi connectivity index (χ1v) is 9.26. The molecule has 5 nitrogen and oxygen atoms in total. The Morgan fingerprint density at radius 3 is 2.65 bits per heavy atom. The SMILES string of the molecule is COc1ccc(NC(=O)CNc2ccccc2N2CCCCC2)cc1Cl. The molecule has 0 radical (unpaired) electrons. The summed E-state index contributed by atoms with van der Waals surface area (Å²) in [5.41, 5.74) is 2.79. The van der Waals surface area contributed by atoms with Crippen LogP contribution in [0.15, 0.2) is 42.5 Å². The number of rotatable bonds is 6. The molecule has 3 rings (SSSR count). The number of hydrogen-bond donors (Lipinski definition) is 2. The lowest BCUT2D eigenvalue weighted by Crippen LogP contribution is -2.30. The lowest BCUT2D eigenvalue weighted by molar-refractivity contribution is -0.114. The van der Waals surface area contributed by atoms with Gasteiger partial charge in [0.05, 0.1) is 30.1 Å². The third-order valence-corrected chi connectivity index (χ3v) is 4.77. The Kier molecular flexibility index (Phi) is 6.23. The first kappa shape index (κ1) is 18.4. The van der Waals surface area contributed by atoms with E-state index in [9.17, 15) is 4.79 Å². The number of anilines is 3. The predicted octanol–water partition coefficient (Wildman–Crippen LogP) is 4.39. The van der Waals surface area contributed by atoms with Crippen molar-refractivity contribution in [3.8, 4) is 5.75 Å². The quantitative estimate of drug-likeness (QED) is 0.788. The van der Waals surface area contributed by atoms with Gasteiger partial charge in [0.25, 0.3) is 0 Å². The number of nitrogens with one attached hydrogen (secondary N) is 2. The molecule has 1 amide bonds. The highest BCUT2D eigenvalue weighted by atomic mass is 35.5. The number of methoxy groups -OCH3 is 1. The fourth-order valence-electron chi connectivity index (χ4n) is 3.16. The molecule has 0 unspecified atom stereocenters. The molecule has 1 aliphatic heterocycles. The Balaban J connectivity index is 1.60. The standard InChI is InChI=1S/C20H24ClN3O2/c1-26-19-10-9-15(13-16(19)21)23-20(25)14-22-17-7-3-4-8-18(17)24-11-5-2-6-12-24/h3-4,7-10,13,22H,2,5-6,11-12,14H2,1H3,(H,23,25). The molecule has 0 aliphatic carbocycles. The highest BCUT2D eigenvalue weighted by Gasteiger charge is 2.14. The third-order valence-electron chi connectivity index (χ3n) is 4.48. The highest BCUT2D eigenvalue weighted by molar-refractivity contribution is 6.32. The van der Waals surface area contributed by atoms with E-state index >= 15 is 0 Å². The Labute approximate surface area is 159 Å². The molecule has 138 valence electrons. The number of ether oxygens (including phenoxy) is 1. The Bertz CT molecular complexity index is 760. The second-order valence-corrected chi connectivity index (χ2v) is 6.72. The number of nitrogens with zero attached hydrogens (tertiary/aromatic N) is 1. The molecule has 2 aromatic rings. The van der Waals surface area contributed by atoms with Gasteiger partial charge in [0, 0.05) is 18.8 Å². The summed E-state index contributed by atoms with van der Waals surface area (Å²) in [5.74, 6) is 0.456. The number of amides is 1. The molecule has 1 fully saturated rings. The van der Waals surface area contributed by atoms with Gasteiger partial charge in [-0.25, -0.2) is 0 Å². The lowest BCUT2D eigenvalue weighted by atomic mass is 10.1. The zero-order chi connectivity index (χ0) is 18.4. The molecule has 2 aromatic carbocycles. The second-order valence-electron chi connectivity index (χ2n) is 6.32. The van der Waals surface area contributed by atoms with Crippen molar-refractivity contribution in [1.29, 1.82) is 0 Å². The van der Waals surface area contributed by atoms with E-state index in [0.29, 0.717) is 16.5 Å². The number of carbonyl (C=O) groups is 1. The van der Waals surface area contributed by atoms with Gasteiger partial charge >= 0.3 is 0 Å². The van der Waals surface area contributed by atoms with Crippen LogP contribution >= 0.6 is 11.6 Å². The molecule has 1 saturated heterocycles. The fourth-order valence-corrected chi connectivity index (χ4v) is 3.42. The minimum Gasteiger partial charge on any atom is -0.495 e. The number of benzene rings is 2. The monoisotopic (exact) mass is 373 g/mol. The van der Waals surface area contributed by atoms with E-state index in [2.05, 4.69) is 21.6 Å². The Morgan fingerprint density at radius 2 is 1.92 bits per heavy atom. The van der Waals surface area contributed by atoms with Crippen molar-refractivity contribution >= 4 is 34.6 Å². The Hall–Kier alpha value is -2.40. The van der Waals surface area contributed by atoms with Crippen LogP contribution in [0.3, 0.4) is 0 Å². The zero-order valence-electron chi connectivity index (χ0n) is 14.9. The summed E-state index contributed by atoms with van der Waals surface area (Å²) in [6, 6.07) is 13.3. The maximum Gasteiger partial charge on any atom is 0.243 e. The van der Waals surface area contributed by atoms with Crippen molar-refractivity contribution < 1.29 is 9.53 Å². The third kappa shape index (κ3) is 4.61. The van der Waals surface area contributed by atoms with Crippen molar-refractivity contribution in [3.63, 3.8) is 0 Å². The van der Waals surface area contributed by atoms with Crippen LogP contribution in [0.25, 0.3) is 0 Å². The number of halogens is 1. The molecule has 0 saturated carbocycles. The van der Waals surface area contributed by atoms with Gasteiger partial charge in [-0.2, -0.15) is 0 Å². The van der Waals surface area contributed by atoms with Gasteiger partial charge in [-0.3, -0.25) is 4.79 Å². The van der Waals surface area contributed by atoms with Crippen molar-refractivity contribution in [3.05, 3.63) is 47.5 Å². The van der Waals surface area contributed by atoms with E-state index in [1.165, 1.54) is 19.3 Å². The van der Waals surface area contributed by atoms with Crippen LogP contribution in [0.5, 0.6) is 5.75 Å². The van der Waals surface area contributed by atoms with E-state index in [1.54, 1.807) is 25.3 Å². The van der Waals surface area contributed by atoms with Gasteiger partial charge in [-0.05, 0) is 49.6 Å². The highest BCUT2D eigenvalue weighted by Crippen LogP contribution is 2.29. The smallest absolute Gasteiger partial charge is 0.243 e. The topological polar surface area (TPSA) is 53.6 Å². The molecule has 6 heteroatoms. The van der Waals surface area contributed by atoms with Gasteiger partial charge in [0.15, 0.2) is 0 Å². The summed E-state index contributed by atoms with van der Waals surface area (Å²) < 4.78 is 5.12. The van der Waals surface area contributed by atoms with Crippen molar-refractivity contribution in [1.82, 2.24) is 0 Å². The number of para-hydroxylation sites is 2. The molecule has 0 spiro atoms. The van der Waals surface area contributed by atoms with Gasteiger partial charge < -0.3 is 20.3 Å². The van der Waals surface area contributed by atoms with E-state index in [1.807, 2.05) is 18.2 Å². The van der Waals surface area contributed by atoms with Gasteiger partial charge in [0.1, 0.15) is 5.75 Å². The fraction of sp³-hybridized carbons (Fsp3) is 0.350. The van der Waals surface area contributed by atoms with E-state index in [-0.39, 0.29) is 12.5 Å². The average molecular weight is 374 g/mol. The average Bonchev–Trinajstić information content (AvgIpc) is 2.67. The molecular formula is C20H24ClN3O2. The van der Waals surface area contributed by atoms with E-state index in [4.69, 9.17) is 16.3 Å². The van der Waals surface area contributed by atoms with Gasteiger partial charge in [0.2, 0.25) is 5.91 Å². The predicted molar refractivity (Wildman–Crippen MR) is 108 cm³/mol. The van der Waals surface area contributed by atoms with E-state index in [0.717, 1.165) is 24.5 Å². The van der Waals surface area contributed by atoms with Crippen molar-refractivity contribution in [2.45, 2.75) is 19.3 Å². The Morgan fingerprint density at radius 1 is 1.15 bits per heavy atom. The van der Waals surface area contributed by atoms with Crippen molar-refractivity contribution in [2.24, 2.45) is 0 Å². The first-order valence-electron chi connectivity index (χ1n) is 8.88. The molecule has 26 heavy (non-hydrogen) atoms. The molecular weight excluding hydrogens is 350 g/mol. The minimum absolute atomic E-state index is 0.125. The summed E-state index contributed by atoms with van der Waals surface area (Å²) >= 11 is 6.10. The molecule has 0 bridgehead atoms. The van der Waals surface area contributed by atoms with Crippen LogP contribution in [0.4, 0.5) is 17.1 Å². The summed E-state index contributed by atoms with van der Waals surface area (Å²) in [6.07, 6.45) is 3.72. The molecule has 2 N–H and O–H groups in total. The molecule has 0 atom stereocenters. The lowest BCUT2D eigenvalue weighted by Gasteiger charge is -2.30. The number of piperidine rings is 1. The largest absolute Gasteiger partial charge is 0.495 e. The second kappa shape index (κ2) is 8.81. The summed E-state index contributed by atoms with van der Waals surface area (Å²) in [5, 5.41) is 6.57. The van der Waals surface area contributed by atoms with Crippen LogP contribution in [-0.2, 0) is 4.79 Å². The zero-order valence-corrected chi connectivity index (χ0v) is 15.7. The van der Waals surface area contributed by atoms with Crippen LogP contribution in [-0.4, -0.2) is 32.7 Å². The van der Waals surface area contributed by atoms with Crippen LogP contribution in [0, 0.1) is 0 Å². The molecule has 1 heterocycles. The van der Waals surface area contributed by atoms with Gasteiger partial charge in [-0.1, -0.05) is 23.7 Å². The van der Waals surface area contributed by atoms with E-state index < -0.39 is 0 Å². The summed E-state index contributed by atoms with van der Waals surface area (Å²) in [6.45, 7) is 2.32. The molecule has 1 aliphatic rings. The maximum atomic E-state index is 12.3. The number of hydrogen-bond acceptors (Lipinski definition) is 4. The van der Waals surface area contributed by atoms with Crippen molar-refractivity contribution in [2.75, 3.05) is 42.3 Å².